The number of ether oxygens (including phenoxy) is 4. The number of methoxy groups -OCH3 is 2. The molecule has 0 unspecified atom stereocenters. The minimum Gasteiger partial charge on any atom is -0.497 e. The largest absolute Gasteiger partial charge is 0.497 e. The van der Waals surface area contributed by atoms with E-state index in [0.717, 1.165) is 22.5 Å². The molecule has 12 heteroatoms. The molecule has 0 bridgehead atoms. The molecule has 2 aromatic rings. The highest BCUT2D eigenvalue weighted by molar-refractivity contribution is 7.89. The maximum Gasteiger partial charge on any atom is 0.338 e. The van der Waals surface area contributed by atoms with Gasteiger partial charge in [0.05, 0.1) is 38.7 Å². The first kappa shape index (κ1) is 24.4. The Morgan fingerprint density at radius 2 is 1.82 bits per heavy atom. The quantitative estimate of drug-likeness (QED) is 0.564. The lowest BCUT2D eigenvalue weighted by atomic mass is 10.2. The van der Waals surface area contributed by atoms with Gasteiger partial charge in [-0.15, -0.1) is 0 Å². The van der Waals surface area contributed by atoms with Crippen molar-refractivity contribution in [3.8, 4) is 11.5 Å². The first-order valence-electron chi connectivity index (χ1n) is 9.82. The molecule has 1 heterocycles. The van der Waals surface area contributed by atoms with E-state index in [2.05, 4.69) is 5.32 Å². The zero-order valence-corrected chi connectivity index (χ0v) is 18.8. The number of carbonyl (C=O) groups excluding carboxylic acids is 2. The number of rotatable bonds is 8. The summed E-state index contributed by atoms with van der Waals surface area (Å²) < 4.78 is 61.3. The Morgan fingerprint density at radius 3 is 2.48 bits per heavy atom. The van der Waals surface area contributed by atoms with Gasteiger partial charge in [-0.1, -0.05) is 0 Å². The third-order valence-corrected chi connectivity index (χ3v) is 6.68. The third-order valence-electron chi connectivity index (χ3n) is 4.77. The number of halogens is 1. The Morgan fingerprint density at radius 1 is 1.09 bits per heavy atom. The van der Waals surface area contributed by atoms with Gasteiger partial charge in [-0.3, -0.25) is 4.79 Å². The first-order valence-corrected chi connectivity index (χ1v) is 11.3. The predicted octanol–water partition coefficient (Wildman–Crippen LogP) is 1.66. The van der Waals surface area contributed by atoms with Crippen molar-refractivity contribution in [1.82, 2.24) is 4.31 Å². The normalized spacial score (nSPS) is 14.4. The molecular weight excluding hydrogens is 459 g/mol. The topological polar surface area (TPSA) is 120 Å². The second-order valence-corrected chi connectivity index (χ2v) is 8.76. The number of amides is 1. The summed E-state index contributed by atoms with van der Waals surface area (Å²) in [5, 5.41) is 2.54. The van der Waals surface area contributed by atoms with Crippen LogP contribution in [0.5, 0.6) is 11.5 Å². The van der Waals surface area contributed by atoms with Crippen LogP contribution in [-0.4, -0.2) is 71.7 Å². The van der Waals surface area contributed by atoms with E-state index in [0.29, 0.717) is 17.2 Å². The predicted molar refractivity (Wildman–Crippen MR) is 114 cm³/mol. The highest BCUT2D eigenvalue weighted by Crippen LogP contribution is 2.29. The van der Waals surface area contributed by atoms with Crippen LogP contribution >= 0.6 is 0 Å². The molecule has 0 aromatic heterocycles. The number of morpholine rings is 1. The van der Waals surface area contributed by atoms with Crippen LogP contribution in [0, 0.1) is 5.82 Å². The zero-order valence-electron chi connectivity index (χ0n) is 18.0. The van der Waals surface area contributed by atoms with E-state index < -0.39 is 39.2 Å². The summed E-state index contributed by atoms with van der Waals surface area (Å²) in [6.45, 7) is -0.137. The number of nitrogens with zero attached hydrogens (tertiary/aromatic N) is 1. The monoisotopic (exact) mass is 482 g/mol. The standard InChI is InChI=1S/C21H23FN2O8S/c1-29-15-4-6-18(30-2)17(12-15)23-20(25)13-32-21(26)14-3-5-16(22)19(11-14)33(27,28)24-7-9-31-10-8-24/h3-6,11-12H,7-10,13H2,1-2H3,(H,23,25). The molecule has 0 saturated carbocycles. The fourth-order valence-corrected chi connectivity index (χ4v) is 4.56. The SMILES string of the molecule is COc1ccc(OC)c(NC(=O)COC(=O)c2ccc(F)c(S(=O)(=O)N3CCOCC3)c2)c1. The molecule has 0 aliphatic carbocycles. The third kappa shape index (κ3) is 5.78. The smallest absolute Gasteiger partial charge is 0.338 e. The highest BCUT2D eigenvalue weighted by Gasteiger charge is 2.30. The maximum atomic E-state index is 14.3. The Labute approximate surface area is 190 Å². The molecule has 1 N–H and O–H groups in total. The molecule has 1 fully saturated rings. The molecular formula is C21H23FN2O8S. The molecule has 0 atom stereocenters. The van der Waals surface area contributed by atoms with Gasteiger partial charge in [0.15, 0.2) is 6.61 Å². The van der Waals surface area contributed by atoms with Crippen LogP contribution in [0.25, 0.3) is 0 Å². The second kappa shape index (κ2) is 10.6. The fraction of sp³-hybridized carbons (Fsp3) is 0.333. The van der Waals surface area contributed by atoms with E-state index in [9.17, 15) is 22.4 Å². The summed E-state index contributed by atoms with van der Waals surface area (Å²) >= 11 is 0. The van der Waals surface area contributed by atoms with Crippen LogP contribution in [0.3, 0.4) is 0 Å². The van der Waals surface area contributed by atoms with Crippen molar-refractivity contribution >= 4 is 27.6 Å². The van der Waals surface area contributed by atoms with Gasteiger partial charge in [-0.2, -0.15) is 4.31 Å². The lowest BCUT2D eigenvalue weighted by molar-refractivity contribution is -0.119. The van der Waals surface area contributed by atoms with Crippen LogP contribution in [0.2, 0.25) is 0 Å². The van der Waals surface area contributed by atoms with Gasteiger partial charge in [0.2, 0.25) is 10.0 Å². The van der Waals surface area contributed by atoms with E-state index in [1.807, 2.05) is 0 Å². The summed E-state index contributed by atoms with van der Waals surface area (Å²) in [5.74, 6) is -1.81. The van der Waals surface area contributed by atoms with Crippen molar-refractivity contribution in [2.45, 2.75) is 4.90 Å². The van der Waals surface area contributed by atoms with Gasteiger partial charge in [-0.25, -0.2) is 17.6 Å². The lowest BCUT2D eigenvalue weighted by Crippen LogP contribution is -2.41. The summed E-state index contributed by atoms with van der Waals surface area (Å²) in [5.41, 5.74) is 0.0913. The second-order valence-electron chi connectivity index (χ2n) is 6.85. The van der Waals surface area contributed by atoms with Crippen LogP contribution < -0.4 is 14.8 Å². The molecule has 1 saturated heterocycles. The van der Waals surface area contributed by atoms with Crippen LogP contribution in [-0.2, 0) is 24.3 Å². The molecule has 0 spiro atoms. The number of benzene rings is 2. The minimum absolute atomic E-state index is 0.0738. The Balaban J connectivity index is 1.69. The number of sulfonamides is 1. The average molecular weight is 482 g/mol. The van der Waals surface area contributed by atoms with E-state index in [4.69, 9.17) is 18.9 Å². The van der Waals surface area contributed by atoms with Crippen molar-refractivity contribution in [1.29, 1.82) is 0 Å². The number of hydrogen-bond donors (Lipinski definition) is 1. The van der Waals surface area contributed by atoms with Crippen LogP contribution in [0.15, 0.2) is 41.3 Å². The summed E-state index contributed by atoms with van der Waals surface area (Å²) in [4.78, 5) is 24.0. The first-order chi connectivity index (χ1) is 15.8. The van der Waals surface area contributed by atoms with Gasteiger partial charge < -0.3 is 24.3 Å². The van der Waals surface area contributed by atoms with Crippen molar-refractivity contribution in [2.24, 2.45) is 0 Å². The molecule has 1 amide bonds. The van der Waals surface area contributed by atoms with Crippen molar-refractivity contribution in [3.63, 3.8) is 0 Å². The fourth-order valence-electron chi connectivity index (χ4n) is 3.07. The highest BCUT2D eigenvalue weighted by atomic mass is 32.2. The molecule has 0 radical (unpaired) electrons. The van der Waals surface area contributed by atoms with Gasteiger partial charge in [0, 0.05) is 19.2 Å². The van der Waals surface area contributed by atoms with Gasteiger partial charge in [0.25, 0.3) is 5.91 Å². The van der Waals surface area contributed by atoms with E-state index in [1.54, 1.807) is 12.1 Å². The number of hydrogen-bond acceptors (Lipinski definition) is 8. The van der Waals surface area contributed by atoms with Crippen LogP contribution in [0.1, 0.15) is 10.4 Å². The van der Waals surface area contributed by atoms with Crippen molar-refractivity contribution in [2.75, 3.05) is 52.4 Å². The molecule has 178 valence electrons. The summed E-state index contributed by atoms with van der Waals surface area (Å²) in [7, 11) is -1.28. The van der Waals surface area contributed by atoms with E-state index in [1.165, 1.54) is 20.3 Å². The Kier molecular flexibility index (Phi) is 7.84. The number of esters is 1. The van der Waals surface area contributed by atoms with Gasteiger partial charge >= 0.3 is 5.97 Å². The number of anilines is 1. The lowest BCUT2D eigenvalue weighted by Gasteiger charge is -2.26. The molecule has 10 nitrogen and oxygen atoms in total. The van der Waals surface area contributed by atoms with E-state index >= 15 is 0 Å². The Bertz CT molecular complexity index is 1130. The van der Waals surface area contributed by atoms with Gasteiger partial charge in [0.1, 0.15) is 22.2 Å². The van der Waals surface area contributed by atoms with E-state index in [-0.39, 0.29) is 31.9 Å². The molecule has 1 aliphatic rings. The Hall–Kier alpha value is -3.22. The van der Waals surface area contributed by atoms with Crippen molar-refractivity contribution in [3.05, 3.63) is 47.8 Å². The molecule has 1 aliphatic heterocycles. The summed E-state index contributed by atoms with van der Waals surface area (Å²) in [6, 6.07) is 7.61. The van der Waals surface area contributed by atoms with Crippen molar-refractivity contribution < 1.29 is 41.3 Å². The number of carbonyl (C=O) groups is 2. The number of nitrogens with one attached hydrogen (secondary N) is 1. The molecule has 2 aromatic carbocycles. The van der Waals surface area contributed by atoms with Crippen LogP contribution in [0.4, 0.5) is 10.1 Å². The average Bonchev–Trinajstić information content (AvgIpc) is 2.83. The molecule has 33 heavy (non-hydrogen) atoms. The minimum atomic E-state index is -4.17. The zero-order chi connectivity index (χ0) is 24.0. The summed E-state index contributed by atoms with van der Waals surface area (Å²) in [6.07, 6.45) is 0. The van der Waals surface area contributed by atoms with Gasteiger partial charge in [-0.05, 0) is 30.3 Å². The molecule has 3 rings (SSSR count). The maximum absolute atomic E-state index is 14.3.